The zero-order chi connectivity index (χ0) is 19.1. The van der Waals surface area contributed by atoms with Gasteiger partial charge in [0.2, 0.25) is 0 Å². The van der Waals surface area contributed by atoms with Crippen LogP contribution in [0.25, 0.3) is 6.08 Å². The van der Waals surface area contributed by atoms with Gasteiger partial charge < -0.3 is 9.84 Å². The molecule has 26 heavy (non-hydrogen) atoms. The molecule has 0 amide bonds. The number of allylic oxidation sites excluding steroid dienone is 1. The molecule has 0 aliphatic heterocycles. The molecule has 0 heterocycles. The number of rotatable bonds is 8. The molecule has 0 fully saturated rings. The molecule has 2 aromatic rings. The van der Waals surface area contributed by atoms with Gasteiger partial charge in [0.15, 0.2) is 11.5 Å². The molecule has 6 nitrogen and oxygen atoms in total. The van der Waals surface area contributed by atoms with E-state index in [4.69, 9.17) is 4.74 Å². The highest BCUT2D eigenvalue weighted by Crippen LogP contribution is 2.26. The Hall–Kier alpha value is -3.15. The lowest BCUT2D eigenvalue weighted by atomic mass is 10.1. The van der Waals surface area contributed by atoms with E-state index in [0.29, 0.717) is 29.4 Å². The first kappa shape index (κ1) is 19.2. The summed E-state index contributed by atoms with van der Waals surface area (Å²) in [5.74, 6) is 0.637. The topological polar surface area (TPSA) is 89.7 Å². The number of benzene rings is 2. The van der Waals surface area contributed by atoms with Crippen LogP contribution in [0.15, 0.2) is 48.5 Å². The summed E-state index contributed by atoms with van der Waals surface area (Å²) in [4.78, 5) is 22.4. The highest BCUT2D eigenvalue weighted by molar-refractivity contribution is 6.06. The van der Waals surface area contributed by atoms with E-state index in [-0.39, 0.29) is 5.78 Å². The molecule has 136 valence electrons. The van der Waals surface area contributed by atoms with Gasteiger partial charge >= 0.3 is 5.69 Å². The molecule has 2 aromatic carbocycles. The predicted molar refractivity (Wildman–Crippen MR) is 99.5 cm³/mol. The standard InChI is InChI=1S/C20H21NO5/c1-14(2)11-12-26-17-7-5-16(6-8-17)19(22)9-3-15-4-10-20(23)18(13-15)21(24)25/h3-10,13-14,23H,11-12H2,1-2H3. The van der Waals surface area contributed by atoms with Crippen molar-refractivity contribution in [3.63, 3.8) is 0 Å². The molecule has 0 aliphatic carbocycles. The van der Waals surface area contributed by atoms with Gasteiger partial charge in [-0.15, -0.1) is 0 Å². The zero-order valence-corrected chi connectivity index (χ0v) is 14.7. The van der Waals surface area contributed by atoms with Crippen LogP contribution in [0, 0.1) is 16.0 Å². The Morgan fingerprint density at radius 1 is 1.23 bits per heavy atom. The smallest absolute Gasteiger partial charge is 0.311 e. The van der Waals surface area contributed by atoms with E-state index < -0.39 is 16.4 Å². The molecule has 0 aromatic heterocycles. The summed E-state index contributed by atoms with van der Waals surface area (Å²) in [7, 11) is 0. The summed E-state index contributed by atoms with van der Waals surface area (Å²) >= 11 is 0. The summed E-state index contributed by atoms with van der Waals surface area (Å²) in [5.41, 5.74) is 0.546. The molecule has 0 bridgehead atoms. The number of hydrogen-bond donors (Lipinski definition) is 1. The maximum atomic E-state index is 12.2. The zero-order valence-electron chi connectivity index (χ0n) is 14.7. The Morgan fingerprint density at radius 3 is 2.54 bits per heavy atom. The molecule has 0 spiro atoms. The average molecular weight is 355 g/mol. The summed E-state index contributed by atoms with van der Waals surface area (Å²) in [6.07, 6.45) is 3.77. The quantitative estimate of drug-likeness (QED) is 0.323. The third kappa shape index (κ3) is 5.44. The number of phenolic OH excluding ortho intramolecular Hbond substituents is 1. The Labute approximate surface area is 151 Å². The molecular formula is C20H21NO5. The first-order chi connectivity index (χ1) is 12.4. The molecule has 0 atom stereocenters. The molecule has 0 unspecified atom stereocenters. The second-order valence-electron chi connectivity index (χ2n) is 6.26. The van der Waals surface area contributed by atoms with Crippen molar-refractivity contribution in [3.05, 3.63) is 69.8 Å². The van der Waals surface area contributed by atoms with E-state index in [1.807, 2.05) is 0 Å². The lowest BCUT2D eigenvalue weighted by Crippen LogP contribution is -2.01. The van der Waals surface area contributed by atoms with Crippen molar-refractivity contribution in [1.29, 1.82) is 0 Å². The van der Waals surface area contributed by atoms with Crippen LogP contribution in [-0.4, -0.2) is 22.4 Å². The van der Waals surface area contributed by atoms with E-state index in [1.54, 1.807) is 24.3 Å². The van der Waals surface area contributed by atoms with E-state index in [1.165, 1.54) is 30.4 Å². The Kier molecular flexibility index (Phi) is 6.49. The molecule has 0 radical (unpaired) electrons. The second-order valence-corrected chi connectivity index (χ2v) is 6.26. The number of nitrogens with zero attached hydrogens (tertiary/aromatic N) is 1. The summed E-state index contributed by atoms with van der Waals surface area (Å²) in [5, 5.41) is 20.3. The fraction of sp³-hybridized carbons (Fsp3) is 0.250. The van der Waals surface area contributed by atoms with Crippen LogP contribution in [0.4, 0.5) is 5.69 Å². The Morgan fingerprint density at radius 2 is 1.92 bits per heavy atom. The van der Waals surface area contributed by atoms with Gasteiger partial charge in [0.1, 0.15) is 5.75 Å². The number of carbonyl (C=O) groups is 1. The summed E-state index contributed by atoms with van der Waals surface area (Å²) < 4.78 is 5.61. The van der Waals surface area contributed by atoms with E-state index in [9.17, 15) is 20.0 Å². The van der Waals surface area contributed by atoms with Crippen LogP contribution in [0.3, 0.4) is 0 Å². The van der Waals surface area contributed by atoms with Gasteiger partial charge in [-0.3, -0.25) is 14.9 Å². The molecule has 0 saturated carbocycles. The number of hydrogen-bond acceptors (Lipinski definition) is 5. The summed E-state index contributed by atoms with van der Waals surface area (Å²) in [6, 6.07) is 10.8. The van der Waals surface area contributed by atoms with Crippen molar-refractivity contribution < 1.29 is 19.6 Å². The number of aromatic hydroxyl groups is 1. The Balaban J connectivity index is 2.02. The lowest BCUT2D eigenvalue weighted by molar-refractivity contribution is -0.385. The van der Waals surface area contributed by atoms with Crippen LogP contribution >= 0.6 is 0 Å². The van der Waals surface area contributed by atoms with E-state index in [2.05, 4.69) is 13.8 Å². The van der Waals surface area contributed by atoms with Crippen molar-refractivity contribution in [1.82, 2.24) is 0 Å². The molecule has 6 heteroatoms. The van der Waals surface area contributed by atoms with E-state index in [0.717, 1.165) is 6.42 Å². The van der Waals surface area contributed by atoms with Gasteiger partial charge in [-0.1, -0.05) is 26.0 Å². The lowest BCUT2D eigenvalue weighted by Gasteiger charge is -2.08. The molecule has 0 aliphatic rings. The van der Waals surface area contributed by atoms with Crippen LogP contribution < -0.4 is 4.74 Å². The molecular weight excluding hydrogens is 334 g/mol. The monoisotopic (exact) mass is 355 g/mol. The predicted octanol–water partition coefficient (Wildman–Crippen LogP) is 4.62. The van der Waals surface area contributed by atoms with Gasteiger partial charge in [0.25, 0.3) is 0 Å². The number of ketones is 1. The number of carbonyl (C=O) groups excluding carboxylic acids is 1. The third-order valence-corrected chi connectivity index (χ3v) is 3.73. The average Bonchev–Trinajstić information content (AvgIpc) is 2.60. The van der Waals surface area contributed by atoms with Gasteiger partial charge in [0.05, 0.1) is 11.5 Å². The van der Waals surface area contributed by atoms with Gasteiger partial charge in [0, 0.05) is 11.6 Å². The van der Waals surface area contributed by atoms with Crippen LogP contribution in [-0.2, 0) is 0 Å². The van der Waals surface area contributed by atoms with Crippen LogP contribution in [0.5, 0.6) is 11.5 Å². The fourth-order valence-corrected chi connectivity index (χ4v) is 2.19. The SMILES string of the molecule is CC(C)CCOc1ccc(C(=O)C=Cc2ccc(O)c([N+](=O)[O-])c2)cc1. The van der Waals surface area contributed by atoms with Crippen LogP contribution in [0.2, 0.25) is 0 Å². The number of phenols is 1. The number of ether oxygens (including phenoxy) is 1. The summed E-state index contributed by atoms with van der Waals surface area (Å²) in [6.45, 7) is 4.88. The first-order valence-corrected chi connectivity index (χ1v) is 8.29. The first-order valence-electron chi connectivity index (χ1n) is 8.29. The number of nitro benzene ring substituents is 1. The number of nitro groups is 1. The normalized spacial score (nSPS) is 11.0. The van der Waals surface area contributed by atoms with Crippen LogP contribution in [0.1, 0.15) is 36.2 Å². The minimum Gasteiger partial charge on any atom is -0.502 e. The maximum Gasteiger partial charge on any atom is 0.311 e. The van der Waals surface area contributed by atoms with Gasteiger partial charge in [-0.2, -0.15) is 0 Å². The van der Waals surface area contributed by atoms with Crippen molar-refractivity contribution in [2.24, 2.45) is 5.92 Å². The van der Waals surface area contributed by atoms with E-state index >= 15 is 0 Å². The van der Waals surface area contributed by atoms with Crippen molar-refractivity contribution in [2.45, 2.75) is 20.3 Å². The fourth-order valence-electron chi connectivity index (χ4n) is 2.19. The third-order valence-electron chi connectivity index (χ3n) is 3.73. The Bertz CT molecular complexity index is 809. The molecule has 0 saturated heterocycles. The van der Waals surface area contributed by atoms with Crippen molar-refractivity contribution >= 4 is 17.5 Å². The van der Waals surface area contributed by atoms with Crippen molar-refractivity contribution in [2.75, 3.05) is 6.61 Å². The molecule has 2 rings (SSSR count). The highest BCUT2D eigenvalue weighted by atomic mass is 16.6. The largest absolute Gasteiger partial charge is 0.502 e. The van der Waals surface area contributed by atoms with Gasteiger partial charge in [-0.25, -0.2) is 0 Å². The minimum atomic E-state index is -0.674. The maximum absolute atomic E-state index is 12.2. The van der Waals surface area contributed by atoms with Crippen molar-refractivity contribution in [3.8, 4) is 11.5 Å². The second kappa shape index (κ2) is 8.80. The minimum absolute atomic E-state index is 0.227. The highest BCUT2D eigenvalue weighted by Gasteiger charge is 2.12. The molecule has 1 N–H and O–H groups in total. The van der Waals surface area contributed by atoms with Gasteiger partial charge in [-0.05, 0) is 54.3 Å².